The van der Waals surface area contributed by atoms with Gasteiger partial charge in [-0.2, -0.15) is 11.3 Å². The summed E-state index contributed by atoms with van der Waals surface area (Å²) in [6, 6.07) is 12.3. The molecule has 2 N–H and O–H groups in total. The van der Waals surface area contributed by atoms with Crippen molar-refractivity contribution in [2.75, 3.05) is 31.5 Å². The summed E-state index contributed by atoms with van der Waals surface area (Å²) in [7, 11) is 0. The van der Waals surface area contributed by atoms with Crippen LogP contribution in [0.25, 0.3) is 0 Å². The molecule has 1 aromatic carbocycles. The lowest BCUT2D eigenvalue weighted by Gasteiger charge is -2.51. The summed E-state index contributed by atoms with van der Waals surface area (Å²) >= 11 is 1.42. The monoisotopic (exact) mass is 482 g/mol. The van der Waals surface area contributed by atoms with Crippen LogP contribution in [0.1, 0.15) is 29.7 Å². The molecule has 2 atom stereocenters. The van der Waals surface area contributed by atoms with Gasteiger partial charge in [-0.15, -0.1) is 0 Å². The summed E-state index contributed by atoms with van der Waals surface area (Å²) in [4.78, 5) is 26.3. The minimum Gasteiger partial charge on any atom is -0.453 e. The zero-order valence-corrected chi connectivity index (χ0v) is 19.8. The van der Waals surface area contributed by atoms with E-state index in [0.29, 0.717) is 33.7 Å². The number of carbonyl (C=O) groups is 2. The molecular formula is C25H28N3O5S+. The number of hydrogen-bond acceptors (Lipinski definition) is 7. The van der Waals surface area contributed by atoms with E-state index in [1.807, 2.05) is 11.4 Å². The van der Waals surface area contributed by atoms with Crippen LogP contribution in [-0.2, 0) is 19.9 Å². The summed E-state index contributed by atoms with van der Waals surface area (Å²) in [6.45, 7) is 4.32. The second kappa shape index (κ2) is 8.98. The van der Waals surface area contributed by atoms with Gasteiger partial charge in [0, 0.05) is 30.4 Å². The fourth-order valence-corrected chi connectivity index (χ4v) is 5.96. The summed E-state index contributed by atoms with van der Waals surface area (Å²) in [6.07, 6.45) is 1.39. The number of anilines is 1. The lowest BCUT2D eigenvalue weighted by Crippen LogP contribution is -2.66. The van der Waals surface area contributed by atoms with E-state index < -0.39 is 11.6 Å². The van der Waals surface area contributed by atoms with Crippen molar-refractivity contribution in [3.8, 4) is 0 Å². The van der Waals surface area contributed by atoms with Gasteiger partial charge < -0.3 is 24.2 Å². The highest BCUT2D eigenvalue weighted by molar-refractivity contribution is 7.08. The summed E-state index contributed by atoms with van der Waals surface area (Å²) < 4.78 is 11.6. The number of nitrogens with zero attached hydrogens (tertiary/aromatic N) is 2. The lowest BCUT2D eigenvalue weighted by molar-refractivity contribution is -0.939. The molecule has 3 aliphatic rings. The number of thiophene rings is 1. The van der Waals surface area contributed by atoms with E-state index in [0.717, 1.165) is 25.9 Å². The number of aliphatic hydroxyl groups is 1. The molecule has 3 fully saturated rings. The van der Waals surface area contributed by atoms with Crippen molar-refractivity contribution in [3.63, 3.8) is 0 Å². The van der Waals surface area contributed by atoms with E-state index in [9.17, 15) is 14.7 Å². The largest absolute Gasteiger partial charge is 0.453 e. The number of rotatable bonds is 7. The molecule has 3 aromatic rings. The SMILES string of the molecule is Cc1cc(NC(=O)C[N+]23CCC(CC2)C(OC(=O)[C@@](O)(c2ccccc2)c2ccsc2)C3)no1. The van der Waals surface area contributed by atoms with Crippen LogP contribution in [0.4, 0.5) is 5.82 Å². The number of esters is 1. The smallest absolute Gasteiger partial charge is 0.348 e. The van der Waals surface area contributed by atoms with Crippen molar-refractivity contribution in [2.24, 2.45) is 5.92 Å². The highest BCUT2D eigenvalue weighted by Gasteiger charge is 2.51. The first-order valence-electron chi connectivity index (χ1n) is 11.5. The summed E-state index contributed by atoms with van der Waals surface area (Å²) in [5.41, 5.74) is -0.896. The Morgan fingerprint density at radius 1 is 1.24 bits per heavy atom. The maximum atomic E-state index is 13.5. The van der Waals surface area contributed by atoms with Crippen LogP contribution in [0.3, 0.4) is 0 Å². The van der Waals surface area contributed by atoms with Gasteiger partial charge >= 0.3 is 5.97 Å². The molecular weight excluding hydrogens is 454 g/mol. The molecule has 3 saturated heterocycles. The minimum atomic E-state index is -1.87. The van der Waals surface area contributed by atoms with Crippen LogP contribution >= 0.6 is 11.3 Å². The molecule has 6 rings (SSSR count). The van der Waals surface area contributed by atoms with E-state index in [1.165, 1.54) is 11.3 Å². The van der Waals surface area contributed by atoms with E-state index in [1.54, 1.807) is 48.7 Å². The van der Waals surface area contributed by atoms with Crippen molar-refractivity contribution in [2.45, 2.75) is 31.5 Å². The highest BCUT2D eigenvalue weighted by atomic mass is 32.1. The molecule has 0 aliphatic carbocycles. The van der Waals surface area contributed by atoms with Crippen molar-refractivity contribution in [1.82, 2.24) is 5.16 Å². The maximum Gasteiger partial charge on any atom is 0.348 e. The molecule has 34 heavy (non-hydrogen) atoms. The Labute approximate surface area is 201 Å². The molecule has 2 bridgehead atoms. The van der Waals surface area contributed by atoms with E-state index in [2.05, 4.69) is 10.5 Å². The number of benzene rings is 1. The molecule has 5 heterocycles. The van der Waals surface area contributed by atoms with Gasteiger partial charge in [-0.25, -0.2) is 4.79 Å². The average Bonchev–Trinajstić information content (AvgIpc) is 3.52. The van der Waals surface area contributed by atoms with Crippen molar-refractivity contribution in [1.29, 1.82) is 0 Å². The van der Waals surface area contributed by atoms with Crippen LogP contribution in [-0.4, -0.2) is 58.9 Å². The normalized spacial score (nSPS) is 25.5. The zero-order valence-electron chi connectivity index (χ0n) is 19.0. The fraction of sp³-hybridized carbons (Fsp3) is 0.400. The Morgan fingerprint density at radius 3 is 2.65 bits per heavy atom. The molecule has 0 saturated carbocycles. The quantitative estimate of drug-likeness (QED) is 0.396. The molecule has 178 valence electrons. The fourth-order valence-electron chi connectivity index (χ4n) is 5.26. The molecule has 0 spiro atoms. The lowest BCUT2D eigenvalue weighted by atomic mass is 9.82. The Morgan fingerprint density at radius 2 is 2.00 bits per heavy atom. The van der Waals surface area contributed by atoms with Gasteiger partial charge in [-0.3, -0.25) is 4.79 Å². The number of nitrogens with one attached hydrogen (secondary N) is 1. The van der Waals surface area contributed by atoms with Gasteiger partial charge in [0.15, 0.2) is 18.5 Å². The summed E-state index contributed by atoms with van der Waals surface area (Å²) in [5.74, 6) is 0.450. The summed E-state index contributed by atoms with van der Waals surface area (Å²) in [5, 5.41) is 21.9. The predicted octanol–water partition coefficient (Wildman–Crippen LogP) is 3.07. The van der Waals surface area contributed by atoms with Crippen LogP contribution in [0.15, 0.2) is 57.7 Å². The zero-order chi connectivity index (χ0) is 23.8. The van der Waals surface area contributed by atoms with E-state index in [-0.39, 0.29) is 24.5 Å². The first-order valence-corrected chi connectivity index (χ1v) is 12.4. The number of hydrogen-bond donors (Lipinski definition) is 2. The number of fused-ring (bicyclic) bond motifs is 3. The molecule has 1 amide bonds. The maximum absolute atomic E-state index is 13.5. The first kappa shape index (κ1) is 22.8. The standard InChI is InChI=1S/C25H27N3O5S/c1-17-13-22(27-33-17)26-23(29)15-28-10-7-18(8-11-28)21(14-28)32-24(30)25(31,20-9-12-34-16-20)19-5-3-2-4-6-19/h2-6,9,12-13,16,18,21,31H,7-8,10-11,14-15H2,1H3/p+1/t18?,21?,25-,28?/m1/s1. The third-order valence-corrected chi connectivity index (χ3v) is 7.78. The predicted molar refractivity (Wildman–Crippen MR) is 126 cm³/mol. The molecule has 0 radical (unpaired) electrons. The van der Waals surface area contributed by atoms with Crippen molar-refractivity contribution < 1.29 is 28.4 Å². The van der Waals surface area contributed by atoms with Gasteiger partial charge in [0.25, 0.3) is 5.91 Å². The molecule has 3 aliphatic heterocycles. The minimum absolute atomic E-state index is 0.141. The van der Waals surface area contributed by atoms with Gasteiger partial charge in [-0.05, 0) is 29.3 Å². The van der Waals surface area contributed by atoms with Crippen LogP contribution in [0, 0.1) is 12.8 Å². The average molecular weight is 483 g/mol. The van der Waals surface area contributed by atoms with Gasteiger partial charge in [0.1, 0.15) is 12.3 Å². The first-order chi connectivity index (χ1) is 16.4. The number of piperidine rings is 3. The Kier molecular flexibility index (Phi) is 6.01. The topological polar surface area (TPSA) is 102 Å². The van der Waals surface area contributed by atoms with Crippen LogP contribution in [0.5, 0.6) is 0 Å². The number of ether oxygens (including phenoxy) is 1. The van der Waals surface area contributed by atoms with Crippen molar-refractivity contribution in [3.05, 3.63) is 70.1 Å². The van der Waals surface area contributed by atoms with Crippen LogP contribution < -0.4 is 5.32 Å². The Bertz CT molecular complexity index is 1150. The number of amides is 1. The second-order valence-electron chi connectivity index (χ2n) is 9.37. The third kappa shape index (κ3) is 4.26. The number of carbonyl (C=O) groups excluding carboxylic acids is 2. The van der Waals surface area contributed by atoms with E-state index >= 15 is 0 Å². The second-order valence-corrected chi connectivity index (χ2v) is 10.2. The molecule has 9 heteroatoms. The molecule has 1 unspecified atom stereocenters. The van der Waals surface area contributed by atoms with E-state index in [4.69, 9.17) is 9.26 Å². The Hall–Kier alpha value is -3.01. The van der Waals surface area contributed by atoms with Gasteiger partial charge in [0.05, 0.1) is 13.1 Å². The number of aromatic nitrogens is 1. The third-order valence-electron chi connectivity index (χ3n) is 7.10. The molecule has 2 aromatic heterocycles. The number of aryl methyl sites for hydroxylation is 1. The highest BCUT2D eigenvalue weighted by Crippen LogP contribution is 2.38. The number of quaternary nitrogens is 1. The Balaban J connectivity index is 1.32. The van der Waals surface area contributed by atoms with Crippen molar-refractivity contribution >= 4 is 29.0 Å². The van der Waals surface area contributed by atoms with Gasteiger partial charge in [0.2, 0.25) is 5.60 Å². The van der Waals surface area contributed by atoms with Crippen LogP contribution in [0.2, 0.25) is 0 Å². The molecule has 8 nitrogen and oxygen atoms in total. The van der Waals surface area contributed by atoms with Gasteiger partial charge in [-0.1, -0.05) is 35.5 Å².